The summed E-state index contributed by atoms with van der Waals surface area (Å²) < 4.78 is 3.63. The van der Waals surface area contributed by atoms with Crippen LogP contribution in [-0.4, -0.2) is 70.7 Å². The normalized spacial score (nSPS) is 15.7. The topological polar surface area (TPSA) is 62.5 Å². The lowest BCUT2D eigenvalue weighted by Gasteiger charge is -2.33. The highest BCUT2D eigenvalue weighted by molar-refractivity contribution is 6.17. The number of rotatable bonds is 8. The fourth-order valence-corrected chi connectivity index (χ4v) is 4.96. The molecule has 3 aromatic rings. The Bertz CT molecular complexity index is 1180. The molecule has 1 fully saturated rings. The first-order chi connectivity index (χ1) is 15.9. The fraction of sp³-hybridized carbons (Fsp3) is 0.538. The first kappa shape index (κ1) is 23.5. The van der Waals surface area contributed by atoms with Gasteiger partial charge in [0, 0.05) is 68.8 Å². The Morgan fingerprint density at radius 1 is 1.09 bits per heavy atom. The van der Waals surface area contributed by atoms with Crippen LogP contribution in [0, 0.1) is 5.92 Å². The van der Waals surface area contributed by atoms with Crippen molar-refractivity contribution in [1.82, 2.24) is 24.3 Å². The zero-order valence-electron chi connectivity index (χ0n) is 20.4. The summed E-state index contributed by atoms with van der Waals surface area (Å²) in [5, 5.41) is 4.83. The van der Waals surface area contributed by atoms with Gasteiger partial charge in [-0.15, -0.1) is 0 Å². The third-order valence-corrected chi connectivity index (χ3v) is 6.78. The van der Waals surface area contributed by atoms with Crippen molar-refractivity contribution >= 4 is 27.7 Å². The maximum atomic E-state index is 13.3. The number of pyridine rings is 1. The van der Waals surface area contributed by atoms with Crippen LogP contribution in [0.4, 0.5) is 0 Å². The van der Waals surface area contributed by atoms with Gasteiger partial charge in [0.25, 0.3) is 11.5 Å². The minimum Gasteiger partial charge on any atom is -0.352 e. The summed E-state index contributed by atoms with van der Waals surface area (Å²) in [5.41, 5.74) is 2.10. The van der Waals surface area contributed by atoms with Crippen LogP contribution in [0.3, 0.4) is 0 Å². The molecule has 4 rings (SSSR count). The SMILES string of the molecule is CCN1CCN(CCCNC(=O)c2cn(CC(C)C)c(=O)c3c2c2ccccc2n3C)CC1. The quantitative estimate of drug-likeness (QED) is 0.535. The predicted molar refractivity (Wildman–Crippen MR) is 135 cm³/mol. The average molecular weight is 452 g/mol. The van der Waals surface area contributed by atoms with Crippen molar-refractivity contribution in [2.75, 3.05) is 45.8 Å². The Morgan fingerprint density at radius 3 is 2.48 bits per heavy atom. The van der Waals surface area contributed by atoms with Gasteiger partial charge in [0.15, 0.2) is 0 Å². The molecule has 0 aliphatic carbocycles. The number of para-hydroxylation sites is 1. The second-order valence-corrected chi connectivity index (χ2v) is 9.58. The van der Waals surface area contributed by atoms with Gasteiger partial charge in [-0.25, -0.2) is 0 Å². The number of carbonyl (C=O) groups is 1. The van der Waals surface area contributed by atoms with E-state index in [1.807, 2.05) is 35.9 Å². The molecular weight excluding hydrogens is 414 g/mol. The number of aromatic nitrogens is 2. The third kappa shape index (κ3) is 4.84. The van der Waals surface area contributed by atoms with Gasteiger partial charge in [-0.3, -0.25) is 9.59 Å². The van der Waals surface area contributed by atoms with Crippen LogP contribution in [-0.2, 0) is 13.6 Å². The van der Waals surface area contributed by atoms with Gasteiger partial charge in [-0.1, -0.05) is 39.0 Å². The molecule has 1 aliphatic rings. The molecule has 1 N–H and O–H groups in total. The van der Waals surface area contributed by atoms with Gasteiger partial charge in [0.2, 0.25) is 0 Å². The van der Waals surface area contributed by atoms with Gasteiger partial charge in [-0.2, -0.15) is 0 Å². The molecule has 2 aromatic heterocycles. The average Bonchev–Trinajstić information content (AvgIpc) is 3.11. The van der Waals surface area contributed by atoms with Gasteiger partial charge in [-0.05, 0) is 31.5 Å². The lowest BCUT2D eigenvalue weighted by Crippen LogP contribution is -2.46. The van der Waals surface area contributed by atoms with Crippen molar-refractivity contribution in [1.29, 1.82) is 0 Å². The zero-order chi connectivity index (χ0) is 23.5. The summed E-state index contributed by atoms with van der Waals surface area (Å²) >= 11 is 0. The zero-order valence-corrected chi connectivity index (χ0v) is 20.4. The van der Waals surface area contributed by atoms with E-state index in [2.05, 4.69) is 35.9 Å². The molecule has 1 amide bonds. The van der Waals surface area contributed by atoms with Gasteiger partial charge >= 0.3 is 0 Å². The van der Waals surface area contributed by atoms with Crippen molar-refractivity contribution in [2.24, 2.45) is 13.0 Å². The molecule has 33 heavy (non-hydrogen) atoms. The van der Waals surface area contributed by atoms with E-state index in [0.29, 0.717) is 30.1 Å². The summed E-state index contributed by atoms with van der Waals surface area (Å²) in [6, 6.07) is 7.92. The summed E-state index contributed by atoms with van der Waals surface area (Å²) in [7, 11) is 1.91. The lowest BCUT2D eigenvalue weighted by molar-refractivity contribution is 0.0949. The Morgan fingerprint density at radius 2 is 1.79 bits per heavy atom. The number of nitrogens with zero attached hydrogens (tertiary/aromatic N) is 4. The number of benzene rings is 1. The second-order valence-electron chi connectivity index (χ2n) is 9.58. The maximum Gasteiger partial charge on any atom is 0.275 e. The van der Waals surface area contributed by atoms with Crippen LogP contribution in [0.15, 0.2) is 35.3 Å². The van der Waals surface area contributed by atoms with Gasteiger partial charge < -0.3 is 24.3 Å². The van der Waals surface area contributed by atoms with Crippen molar-refractivity contribution in [3.05, 3.63) is 46.4 Å². The molecule has 0 spiro atoms. The molecule has 7 nitrogen and oxygen atoms in total. The number of piperazine rings is 1. The molecule has 1 aliphatic heterocycles. The monoisotopic (exact) mass is 451 g/mol. The molecule has 178 valence electrons. The second kappa shape index (κ2) is 10.1. The van der Waals surface area contributed by atoms with Crippen LogP contribution >= 0.6 is 0 Å². The Balaban J connectivity index is 1.56. The number of likely N-dealkylation sites (N-methyl/N-ethyl adjacent to an activating group) is 1. The summed E-state index contributed by atoms with van der Waals surface area (Å²) in [5.74, 6) is 0.198. The van der Waals surface area contributed by atoms with Crippen molar-refractivity contribution in [3.8, 4) is 0 Å². The lowest BCUT2D eigenvalue weighted by atomic mass is 10.1. The molecule has 1 saturated heterocycles. The number of fused-ring (bicyclic) bond motifs is 3. The molecule has 0 bridgehead atoms. The largest absolute Gasteiger partial charge is 0.352 e. The van der Waals surface area contributed by atoms with E-state index in [4.69, 9.17) is 0 Å². The van der Waals surface area contributed by atoms with Crippen molar-refractivity contribution < 1.29 is 4.79 Å². The van der Waals surface area contributed by atoms with Crippen molar-refractivity contribution in [2.45, 2.75) is 33.7 Å². The summed E-state index contributed by atoms with van der Waals surface area (Å²) in [4.78, 5) is 31.6. The van der Waals surface area contributed by atoms with E-state index >= 15 is 0 Å². The Kier molecular flexibility index (Phi) is 7.20. The van der Waals surface area contributed by atoms with Gasteiger partial charge in [0.1, 0.15) is 5.52 Å². The highest BCUT2D eigenvalue weighted by Crippen LogP contribution is 2.29. The minimum atomic E-state index is -0.107. The molecule has 1 aromatic carbocycles. The molecule has 7 heteroatoms. The smallest absolute Gasteiger partial charge is 0.275 e. The predicted octanol–water partition coefficient (Wildman–Crippen LogP) is 2.91. The molecule has 0 saturated carbocycles. The van der Waals surface area contributed by atoms with E-state index in [0.717, 1.165) is 62.0 Å². The van der Waals surface area contributed by atoms with E-state index in [1.54, 1.807) is 10.8 Å². The van der Waals surface area contributed by atoms with Crippen LogP contribution < -0.4 is 10.9 Å². The van der Waals surface area contributed by atoms with E-state index in [9.17, 15) is 9.59 Å². The number of hydrogen-bond donors (Lipinski definition) is 1. The standard InChI is InChI=1S/C26H37N5O2/c1-5-29-13-15-30(16-14-29)12-8-11-27-25(32)21-18-31(17-19(2)3)26(33)24-23(21)20-9-6-7-10-22(20)28(24)4/h6-7,9-10,18-19H,5,8,11-17H2,1-4H3,(H,27,32). The summed E-state index contributed by atoms with van der Waals surface area (Å²) in [6.07, 6.45) is 2.68. The summed E-state index contributed by atoms with van der Waals surface area (Å²) in [6.45, 7) is 14.1. The van der Waals surface area contributed by atoms with Crippen molar-refractivity contribution in [3.63, 3.8) is 0 Å². The number of hydrogen-bond acceptors (Lipinski definition) is 4. The van der Waals surface area contributed by atoms with Gasteiger partial charge in [0.05, 0.1) is 5.56 Å². The van der Waals surface area contributed by atoms with Crippen LogP contribution in [0.5, 0.6) is 0 Å². The fourth-order valence-electron chi connectivity index (χ4n) is 4.96. The van der Waals surface area contributed by atoms with E-state index in [-0.39, 0.29) is 11.5 Å². The van der Waals surface area contributed by atoms with Crippen LogP contribution in [0.25, 0.3) is 21.8 Å². The number of aryl methyl sites for hydroxylation is 1. The molecule has 3 heterocycles. The first-order valence-electron chi connectivity index (χ1n) is 12.2. The third-order valence-electron chi connectivity index (χ3n) is 6.78. The molecule has 0 atom stereocenters. The Hall–Kier alpha value is -2.64. The van der Waals surface area contributed by atoms with E-state index < -0.39 is 0 Å². The number of nitrogens with one attached hydrogen (secondary N) is 1. The molecule has 0 unspecified atom stereocenters. The molecular formula is C26H37N5O2. The highest BCUT2D eigenvalue weighted by atomic mass is 16.2. The highest BCUT2D eigenvalue weighted by Gasteiger charge is 2.21. The van der Waals surface area contributed by atoms with E-state index in [1.165, 1.54) is 0 Å². The van der Waals surface area contributed by atoms with Crippen LogP contribution in [0.2, 0.25) is 0 Å². The number of amides is 1. The van der Waals surface area contributed by atoms with Crippen LogP contribution in [0.1, 0.15) is 37.6 Å². The maximum absolute atomic E-state index is 13.3. The first-order valence-corrected chi connectivity index (χ1v) is 12.2. The minimum absolute atomic E-state index is 0.0415. The Labute approximate surface area is 196 Å². The number of carbonyl (C=O) groups excluding carboxylic acids is 1. The molecule has 0 radical (unpaired) electrons.